The first-order valence-electron chi connectivity index (χ1n) is 6.41. The van der Waals surface area contributed by atoms with Gasteiger partial charge in [-0.2, -0.15) is 0 Å². The number of nitrogens with one attached hydrogen (secondary N) is 1. The van der Waals surface area contributed by atoms with Gasteiger partial charge in [0.05, 0.1) is 11.3 Å². The van der Waals surface area contributed by atoms with Crippen LogP contribution in [0.3, 0.4) is 0 Å². The van der Waals surface area contributed by atoms with E-state index in [2.05, 4.69) is 10.5 Å². The molecule has 0 aliphatic rings. The van der Waals surface area contributed by atoms with Crippen LogP contribution in [-0.2, 0) is 0 Å². The maximum Gasteiger partial charge on any atom is 0.246 e. The van der Waals surface area contributed by atoms with Crippen molar-refractivity contribution in [1.82, 2.24) is 0 Å². The number of hydrogen-bond acceptors (Lipinski definition) is 4. The lowest BCUT2D eigenvalue weighted by atomic mass is 10.2. The van der Waals surface area contributed by atoms with Crippen LogP contribution >= 0.6 is 12.2 Å². The zero-order valence-corrected chi connectivity index (χ0v) is 11.9. The van der Waals surface area contributed by atoms with E-state index in [-0.39, 0.29) is 4.99 Å². The van der Waals surface area contributed by atoms with Crippen molar-refractivity contribution < 1.29 is 4.42 Å². The van der Waals surface area contributed by atoms with Crippen molar-refractivity contribution in [2.45, 2.75) is 0 Å². The van der Waals surface area contributed by atoms with Gasteiger partial charge in [-0.05, 0) is 24.3 Å². The first-order valence-corrected chi connectivity index (χ1v) is 6.82. The second-order valence-corrected chi connectivity index (χ2v) is 4.90. The van der Waals surface area contributed by atoms with E-state index in [0.29, 0.717) is 11.1 Å². The summed E-state index contributed by atoms with van der Waals surface area (Å²) in [5, 5.41) is 5.19. The Balaban J connectivity index is 2.11. The monoisotopic (exact) mass is 295 g/mol. The van der Waals surface area contributed by atoms with E-state index in [1.807, 2.05) is 60.7 Å². The van der Waals surface area contributed by atoms with E-state index < -0.39 is 0 Å². The van der Waals surface area contributed by atoms with Gasteiger partial charge in [-0.1, -0.05) is 48.6 Å². The predicted octanol–water partition coefficient (Wildman–Crippen LogP) is 2.99. The van der Waals surface area contributed by atoms with Crippen LogP contribution in [0.5, 0.6) is 0 Å². The van der Waals surface area contributed by atoms with Crippen LogP contribution < -0.4 is 16.7 Å². The van der Waals surface area contributed by atoms with Gasteiger partial charge in [0.2, 0.25) is 5.55 Å². The average Bonchev–Trinajstić information content (AvgIpc) is 2.53. The Kier molecular flexibility index (Phi) is 3.66. The SMILES string of the molecule is NC(=S)c1cc2ccccc2oc1=NNc1ccccc1. The molecular formula is C16H13N3OS. The molecule has 0 saturated carbocycles. The molecule has 3 rings (SSSR count). The van der Waals surface area contributed by atoms with Crippen molar-refractivity contribution in [3.63, 3.8) is 0 Å². The normalized spacial score (nSPS) is 11.5. The number of thiocarbonyl (C=S) groups is 1. The summed E-state index contributed by atoms with van der Waals surface area (Å²) in [7, 11) is 0. The Bertz CT molecular complexity index is 856. The van der Waals surface area contributed by atoms with Crippen LogP contribution in [0.2, 0.25) is 0 Å². The highest BCUT2D eigenvalue weighted by Crippen LogP contribution is 2.13. The van der Waals surface area contributed by atoms with Gasteiger partial charge < -0.3 is 10.2 Å². The maximum atomic E-state index is 5.78. The highest BCUT2D eigenvalue weighted by Gasteiger charge is 2.06. The van der Waals surface area contributed by atoms with Crippen molar-refractivity contribution in [2.75, 3.05) is 5.43 Å². The molecule has 5 heteroatoms. The smallest absolute Gasteiger partial charge is 0.246 e. The quantitative estimate of drug-likeness (QED) is 0.576. The molecule has 1 aromatic heterocycles. The first kappa shape index (κ1) is 13.3. The molecular weight excluding hydrogens is 282 g/mol. The van der Waals surface area contributed by atoms with Crippen molar-refractivity contribution in [3.8, 4) is 0 Å². The number of nitrogens with zero attached hydrogens (tertiary/aromatic N) is 1. The molecule has 1 heterocycles. The summed E-state index contributed by atoms with van der Waals surface area (Å²) in [5.41, 5.74) is 11.2. The summed E-state index contributed by atoms with van der Waals surface area (Å²) >= 11 is 5.07. The van der Waals surface area contributed by atoms with E-state index >= 15 is 0 Å². The molecule has 0 amide bonds. The van der Waals surface area contributed by atoms with Crippen LogP contribution in [0.15, 0.2) is 70.2 Å². The predicted molar refractivity (Wildman–Crippen MR) is 87.7 cm³/mol. The Hall–Kier alpha value is -2.66. The second-order valence-electron chi connectivity index (χ2n) is 4.46. The number of rotatable bonds is 3. The van der Waals surface area contributed by atoms with Gasteiger partial charge in [-0.15, -0.1) is 5.10 Å². The lowest BCUT2D eigenvalue weighted by Crippen LogP contribution is -2.22. The molecule has 0 aliphatic carbocycles. The van der Waals surface area contributed by atoms with Crippen LogP contribution in [0.25, 0.3) is 11.0 Å². The topological polar surface area (TPSA) is 63.5 Å². The van der Waals surface area contributed by atoms with E-state index in [0.717, 1.165) is 16.7 Å². The Morgan fingerprint density at radius 3 is 2.52 bits per heavy atom. The molecule has 0 spiro atoms. The van der Waals surface area contributed by atoms with Crippen molar-refractivity contribution >= 4 is 33.9 Å². The largest absolute Gasteiger partial charge is 0.436 e. The zero-order valence-electron chi connectivity index (χ0n) is 11.1. The maximum absolute atomic E-state index is 5.78. The van der Waals surface area contributed by atoms with Crippen molar-refractivity contribution in [2.24, 2.45) is 10.8 Å². The number of hydrogen-bond donors (Lipinski definition) is 2. The number of fused-ring (bicyclic) bond motifs is 1. The van der Waals surface area contributed by atoms with Gasteiger partial charge in [0.15, 0.2) is 0 Å². The van der Waals surface area contributed by atoms with Gasteiger partial charge in [-0.25, -0.2) is 0 Å². The Labute approximate surface area is 126 Å². The summed E-state index contributed by atoms with van der Waals surface area (Å²) in [5.74, 6) is 0. The summed E-state index contributed by atoms with van der Waals surface area (Å²) in [6.07, 6.45) is 0. The molecule has 0 radical (unpaired) electrons. The summed E-state index contributed by atoms with van der Waals surface area (Å²) in [4.78, 5) is 0.248. The first-order chi connectivity index (χ1) is 10.2. The highest BCUT2D eigenvalue weighted by atomic mass is 32.1. The fourth-order valence-electron chi connectivity index (χ4n) is 1.96. The van der Waals surface area contributed by atoms with Crippen molar-refractivity contribution in [3.05, 3.63) is 71.8 Å². The summed E-state index contributed by atoms with van der Waals surface area (Å²) in [6, 6.07) is 19.1. The number of benzene rings is 2. The summed E-state index contributed by atoms with van der Waals surface area (Å²) < 4.78 is 5.78. The van der Waals surface area contributed by atoms with Crippen LogP contribution in [0.1, 0.15) is 5.56 Å². The van der Waals surface area contributed by atoms with Crippen molar-refractivity contribution in [1.29, 1.82) is 0 Å². The van der Waals surface area contributed by atoms with E-state index in [9.17, 15) is 0 Å². The molecule has 0 saturated heterocycles. The molecule has 0 aliphatic heterocycles. The van der Waals surface area contributed by atoms with Gasteiger partial charge in [-0.3, -0.25) is 5.43 Å². The van der Waals surface area contributed by atoms with Gasteiger partial charge in [0.1, 0.15) is 10.6 Å². The van der Waals surface area contributed by atoms with E-state index in [1.165, 1.54) is 0 Å². The Morgan fingerprint density at radius 2 is 1.76 bits per heavy atom. The zero-order chi connectivity index (χ0) is 14.7. The molecule has 4 nitrogen and oxygen atoms in total. The third-order valence-electron chi connectivity index (χ3n) is 2.98. The fourth-order valence-corrected chi connectivity index (χ4v) is 2.10. The number of anilines is 1. The van der Waals surface area contributed by atoms with Gasteiger partial charge >= 0.3 is 0 Å². The molecule has 3 aromatic rings. The minimum atomic E-state index is 0.248. The van der Waals surface area contributed by atoms with Gasteiger partial charge in [0, 0.05) is 5.39 Å². The molecule has 3 N–H and O–H groups in total. The molecule has 2 aromatic carbocycles. The molecule has 0 atom stereocenters. The van der Waals surface area contributed by atoms with E-state index in [1.54, 1.807) is 0 Å². The molecule has 0 unspecified atom stereocenters. The molecule has 21 heavy (non-hydrogen) atoms. The van der Waals surface area contributed by atoms with Crippen LogP contribution in [0.4, 0.5) is 5.69 Å². The highest BCUT2D eigenvalue weighted by molar-refractivity contribution is 7.80. The molecule has 0 fully saturated rings. The van der Waals surface area contributed by atoms with Crippen LogP contribution in [-0.4, -0.2) is 4.99 Å². The number of nitrogens with two attached hydrogens (primary N) is 1. The third kappa shape index (κ3) is 2.93. The summed E-state index contributed by atoms with van der Waals surface area (Å²) in [6.45, 7) is 0. The lowest BCUT2D eigenvalue weighted by Gasteiger charge is -2.04. The average molecular weight is 295 g/mol. The second kappa shape index (κ2) is 5.76. The third-order valence-corrected chi connectivity index (χ3v) is 3.20. The fraction of sp³-hybridized carbons (Fsp3) is 0. The van der Waals surface area contributed by atoms with E-state index in [4.69, 9.17) is 22.4 Å². The molecule has 104 valence electrons. The minimum Gasteiger partial charge on any atom is -0.436 e. The standard InChI is InChI=1S/C16H13N3OS/c17-15(21)13-10-11-6-4-5-9-14(11)20-16(13)19-18-12-7-2-1-3-8-12/h1-10,18H,(H2,17,21). The van der Waals surface area contributed by atoms with Crippen LogP contribution in [0, 0.1) is 0 Å². The Morgan fingerprint density at radius 1 is 1.05 bits per heavy atom. The molecule has 0 bridgehead atoms. The van der Waals surface area contributed by atoms with Gasteiger partial charge in [0.25, 0.3) is 0 Å². The number of para-hydroxylation sites is 2. The minimum absolute atomic E-state index is 0.248. The lowest BCUT2D eigenvalue weighted by molar-refractivity contribution is 0.539.